The monoisotopic (exact) mass is 377 g/mol. The van der Waals surface area contributed by atoms with E-state index < -0.39 is 0 Å². The second-order valence-corrected chi connectivity index (χ2v) is 7.29. The average molecular weight is 377 g/mol. The molecule has 4 rings (SSSR count). The maximum atomic E-state index is 12.4. The topological polar surface area (TPSA) is 55.6 Å². The van der Waals surface area contributed by atoms with Gasteiger partial charge in [0, 0.05) is 29.2 Å². The number of hydrogen-bond donors (Lipinski definition) is 1. The molecule has 2 aromatic carbocycles. The Morgan fingerprint density at radius 2 is 1.89 bits per heavy atom. The first-order valence-corrected chi connectivity index (χ1v) is 9.36. The second-order valence-electron chi connectivity index (χ2n) is 6.26. The van der Waals surface area contributed by atoms with Crippen molar-refractivity contribution in [1.82, 2.24) is 9.88 Å². The summed E-state index contributed by atoms with van der Waals surface area (Å²) in [6, 6.07) is 15.6. The molecule has 1 aliphatic heterocycles. The summed E-state index contributed by atoms with van der Waals surface area (Å²) in [6.45, 7) is 2.07. The van der Waals surface area contributed by atoms with E-state index in [4.69, 9.17) is 4.74 Å². The molecule has 1 amide bonds. The van der Waals surface area contributed by atoms with Gasteiger partial charge in [0.05, 0.1) is 17.7 Å². The Kier molecular flexibility index (Phi) is 4.49. The van der Waals surface area contributed by atoms with Gasteiger partial charge in [0.15, 0.2) is 5.17 Å². The zero-order valence-electron chi connectivity index (χ0n) is 15.3. The Labute approximate surface area is 161 Å². The molecule has 1 fully saturated rings. The number of aryl methyl sites for hydroxylation is 1. The van der Waals surface area contributed by atoms with E-state index in [9.17, 15) is 4.79 Å². The van der Waals surface area contributed by atoms with Crippen molar-refractivity contribution >= 4 is 45.5 Å². The Hall–Kier alpha value is -2.99. The lowest BCUT2D eigenvalue weighted by Crippen LogP contribution is -2.19. The molecule has 2 heterocycles. The van der Waals surface area contributed by atoms with Crippen molar-refractivity contribution in [1.29, 1.82) is 0 Å². The fourth-order valence-corrected chi connectivity index (χ4v) is 3.94. The Morgan fingerprint density at radius 1 is 1.15 bits per heavy atom. The third-order valence-electron chi connectivity index (χ3n) is 4.68. The molecule has 5 nitrogen and oxygen atoms in total. The number of nitrogens with zero attached hydrogens (tertiary/aromatic N) is 2. The number of nitrogens with one attached hydrogen (secondary N) is 1. The SMILES string of the molecule is COc1ccc(N=C2NC(=O)/C(=C/c3c(C)n(C)c4ccccc34)S2)cc1. The summed E-state index contributed by atoms with van der Waals surface area (Å²) in [5.41, 5.74) is 4.10. The number of para-hydroxylation sites is 1. The summed E-state index contributed by atoms with van der Waals surface area (Å²) in [6.07, 6.45) is 1.95. The van der Waals surface area contributed by atoms with Crippen LogP contribution in [0.2, 0.25) is 0 Å². The largest absolute Gasteiger partial charge is 0.497 e. The normalized spacial score (nSPS) is 17.1. The Morgan fingerprint density at radius 3 is 2.63 bits per heavy atom. The highest BCUT2D eigenvalue weighted by atomic mass is 32.2. The molecule has 0 atom stereocenters. The third-order valence-corrected chi connectivity index (χ3v) is 5.59. The molecule has 27 heavy (non-hydrogen) atoms. The molecule has 1 aromatic heterocycles. The van der Waals surface area contributed by atoms with Crippen LogP contribution in [-0.4, -0.2) is 22.8 Å². The summed E-state index contributed by atoms with van der Waals surface area (Å²) < 4.78 is 7.30. The van der Waals surface area contributed by atoms with E-state index >= 15 is 0 Å². The van der Waals surface area contributed by atoms with Gasteiger partial charge in [-0.2, -0.15) is 0 Å². The second kappa shape index (κ2) is 6.96. The molecule has 0 aliphatic carbocycles. The van der Waals surface area contributed by atoms with Crippen molar-refractivity contribution in [2.45, 2.75) is 6.92 Å². The van der Waals surface area contributed by atoms with Crippen LogP contribution in [0.5, 0.6) is 5.75 Å². The first kappa shape index (κ1) is 17.4. The molecule has 1 saturated heterocycles. The molecule has 1 aliphatic rings. The average Bonchev–Trinajstić information content (AvgIpc) is 3.15. The summed E-state index contributed by atoms with van der Waals surface area (Å²) in [5, 5.41) is 4.56. The van der Waals surface area contributed by atoms with Crippen LogP contribution in [0.15, 0.2) is 58.4 Å². The highest BCUT2D eigenvalue weighted by Crippen LogP contribution is 2.32. The van der Waals surface area contributed by atoms with Gasteiger partial charge in [-0.15, -0.1) is 0 Å². The summed E-state index contributed by atoms with van der Waals surface area (Å²) >= 11 is 1.35. The van der Waals surface area contributed by atoms with Crippen LogP contribution in [0, 0.1) is 6.92 Å². The summed E-state index contributed by atoms with van der Waals surface area (Å²) in [7, 11) is 3.67. The smallest absolute Gasteiger partial charge is 0.264 e. The van der Waals surface area contributed by atoms with Gasteiger partial charge in [-0.3, -0.25) is 4.79 Å². The number of fused-ring (bicyclic) bond motifs is 1. The van der Waals surface area contributed by atoms with Crippen LogP contribution in [0.1, 0.15) is 11.3 Å². The highest BCUT2D eigenvalue weighted by Gasteiger charge is 2.25. The van der Waals surface area contributed by atoms with Crippen LogP contribution in [0.4, 0.5) is 5.69 Å². The van der Waals surface area contributed by atoms with Gasteiger partial charge >= 0.3 is 0 Å². The Bertz CT molecular complexity index is 1090. The number of ether oxygens (including phenoxy) is 1. The first-order valence-electron chi connectivity index (χ1n) is 8.54. The number of rotatable bonds is 3. The van der Waals surface area contributed by atoms with E-state index in [0.717, 1.165) is 33.6 Å². The summed E-state index contributed by atoms with van der Waals surface area (Å²) in [4.78, 5) is 17.6. The maximum absolute atomic E-state index is 12.4. The molecule has 0 saturated carbocycles. The zero-order chi connectivity index (χ0) is 19.0. The molecule has 3 aromatic rings. The minimum atomic E-state index is -0.125. The van der Waals surface area contributed by atoms with Gasteiger partial charge in [-0.25, -0.2) is 4.99 Å². The predicted octanol–water partition coefficient (Wildman–Crippen LogP) is 4.39. The van der Waals surface area contributed by atoms with Gasteiger partial charge in [-0.05, 0) is 55.1 Å². The summed E-state index contributed by atoms with van der Waals surface area (Å²) in [5.74, 6) is 0.647. The van der Waals surface area contributed by atoms with Crippen molar-refractivity contribution < 1.29 is 9.53 Å². The van der Waals surface area contributed by atoms with Crippen LogP contribution in [0.25, 0.3) is 17.0 Å². The number of carbonyl (C=O) groups excluding carboxylic acids is 1. The predicted molar refractivity (Wildman–Crippen MR) is 111 cm³/mol. The van der Waals surface area contributed by atoms with Gasteiger partial charge in [0.1, 0.15) is 5.75 Å². The van der Waals surface area contributed by atoms with Crippen LogP contribution >= 0.6 is 11.8 Å². The lowest BCUT2D eigenvalue weighted by atomic mass is 10.1. The van der Waals surface area contributed by atoms with Crippen molar-refractivity contribution in [3.8, 4) is 5.75 Å². The quantitative estimate of drug-likeness (QED) is 0.689. The minimum Gasteiger partial charge on any atom is -0.497 e. The molecule has 0 spiro atoms. The lowest BCUT2D eigenvalue weighted by Gasteiger charge is -2.00. The van der Waals surface area contributed by atoms with Gasteiger partial charge in [0.25, 0.3) is 5.91 Å². The van der Waals surface area contributed by atoms with Crippen LogP contribution in [-0.2, 0) is 11.8 Å². The zero-order valence-corrected chi connectivity index (χ0v) is 16.1. The number of amidine groups is 1. The van der Waals surface area contributed by atoms with Crippen molar-refractivity contribution in [3.05, 3.63) is 64.7 Å². The van der Waals surface area contributed by atoms with Crippen molar-refractivity contribution in [3.63, 3.8) is 0 Å². The minimum absolute atomic E-state index is 0.125. The number of aliphatic imine (C=N–C) groups is 1. The molecule has 0 unspecified atom stereocenters. The molecule has 0 radical (unpaired) electrons. The number of hydrogen-bond acceptors (Lipinski definition) is 4. The number of benzene rings is 2. The Balaban J connectivity index is 1.67. The number of aromatic nitrogens is 1. The molecular formula is C21H19N3O2S. The number of thioether (sulfide) groups is 1. The van der Waals surface area contributed by atoms with E-state index in [2.05, 4.69) is 33.9 Å². The van der Waals surface area contributed by atoms with Crippen LogP contribution < -0.4 is 10.1 Å². The van der Waals surface area contributed by atoms with E-state index in [1.165, 1.54) is 11.8 Å². The third kappa shape index (κ3) is 3.24. The van der Waals surface area contributed by atoms with E-state index in [-0.39, 0.29) is 5.91 Å². The van der Waals surface area contributed by atoms with E-state index in [1.54, 1.807) is 7.11 Å². The number of methoxy groups -OCH3 is 1. The van der Waals surface area contributed by atoms with Crippen LogP contribution in [0.3, 0.4) is 0 Å². The van der Waals surface area contributed by atoms with Crippen molar-refractivity contribution in [2.24, 2.45) is 12.0 Å². The highest BCUT2D eigenvalue weighted by molar-refractivity contribution is 8.18. The molecule has 6 heteroatoms. The van der Waals surface area contributed by atoms with Gasteiger partial charge in [0.2, 0.25) is 0 Å². The number of amides is 1. The van der Waals surface area contributed by atoms with Gasteiger partial charge in [-0.1, -0.05) is 18.2 Å². The molecule has 0 bridgehead atoms. The molecule has 1 N–H and O–H groups in total. The van der Waals surface area contributed by atoms with E-state index in [1.807, 2.05) is 49.5 Å². The van der Waals surface area contributed by atoms with E-state index in [0.29, 0.717) is 10.1 Å². The lowest BCUT2D eigenvalue weighted by molar-refractivity contribution is -0.115. The molecular weight excluding hydrogens is 358 g/mol. The standard InChI is InChI=1S/C21H19N3O2S/c1-13-17(16-6-4-5-7-18(16)24(13)2)12-19-20(25)23-21(27-19)22-14-8-10-15(26-3)11-9-14/h4-12H,1-3H3,(H,22,23,25)/b19-12-. The number of carbonyl (C=O) groups is 1. The first-order chi connectivity index (χ1) is 13.1. The van der Waals surface area contributed by atoms with Gasteiger partial charge < -0.3 is 14.6 Å². The van der Waals surface area contributed by atoms with Crippen molar-refractivity contribution in [2.75, 3.05) is 7.11 Å². The maximum Gasteiger partial charge on any atom is 0.264 e. The fourth-order valence-electron chi connectivity index (χ4n) is 3.12. The molecule has 136 valence electrons. The fraction of sp³-hybridized carbons (Fsp3) is 0.143.